The van der Waals surface area contributed by atoms with Gasteiger partial charge in [-0.2, -0.15) is 5.26 Å². The number of hydrogen-bond donors (Lipinski definition) is 6. The van der Waals surface area contributed by atoms with Gasteiger partial charge in [-0.1, -0.05) is 35.9 Å². The van der Waals surface area contributed by atoms with Crippen LogP contribution in [0.3, 0.4) is 0 Å². The van der Waals surface area contributed by atoms with E-state index in [9.17, 15) is 40.7 Å². The zero-order valence-electron chi connectivity index (χ0n) is 22.1. The summed E-state index contributed by atoms with van der Waals surface area (Å²) in [5.41, 5.74) is -4.37. The van der Waals surface area contributed by atoms with Crippen LogP contribution in [0.5, 0.6) is 0 Å². The highest BCUT2D eigenvalue weighted by molar-refractivity contribution is 6.30. The molecule has 2 aromatic carbocycles. The number of carbonyl (C=O) groups excluding carboxylic acids is 1. The maximum Gasteiger partial charge on any atom is 0.294 e. The fourth-order valence-electron chi connectivity index (χ4n) is 5.22. The van der Waals surface area contributed by atoms with Gasteiger partial charge in [0.25, 0.3) is 17.9 Å². The number of nitrogens with zero attached hydrogens (tertiary/aromatic N) is 3. The van der Waals surface area contributed by atoms with Gasteiger partial charge in [0.15, 0.2) is 0 Å². The molecule has 1 atom stereocenters. The number of aliphatic hydroxyl groups is 6. The number of nitriles is 1. The lowest BCUT2D eigenvalue weighted by atomic mass is 9.88. The van der Waals surface area contributed by atoms with Crippen molar-refractivity contribution in [3.63, 3.8) is 0 Å². The van der Waals surface area contributed by atoms with Gasteiger partial charge in [-0.05, 0) is 62.6 Å². The lowest BCUT2D eigenvalue weighted by Crippen LogP contribution is -2.61. The second-order valence-corrected chi connectivity index (χ2v) is 11.4. The Morgan fingerprint density at radius 1 is 1.02 bits per heavy atom. The van der Waals surface area contributed by atoms with Gasteiger partial charge >= 0.3 is 0 Å². The highest BCUT2D eigenvalue weighted by Crippen LogP contribution is 2.62. The van der Waals surface area contributed by atoms with Crippen LogP contribution in [0, 0.1) is 16.7 Å². The first kappa shape index (κ1) is 29.1. The Kier molecular flexibility index (Phi) is 6.77. The number of benzene rings is 2. The molecule has 11 nitrogen and oxygen atoms in total. The Bertz CT molecular complexity index is 1530. The van der Waals surface area contributed by atoms with Crippen LogP contribution in [0.25, 0.3) is 0 Å². The topological polar surface area (TPSA) is 188 Å². The van der Waals surface area contributed by atoms with E-state index >= 15 is 0 Å². The van der Waals surface area contributed by atoms with Gasteiger partial charge in [-0.3, -0.25) is 19.4 Å². The molecular formula is C29H28ClN3O8. The van der Waals surface area contributed by atoms with Crippen molar-refractivity contribution < 1.29 is 40.2 Å². The van der Waals surface area contributed by atoms with Crippen LogP contribution >= 0.6 is 11.6 Å². The van der Waals surface area contributed by atoms with Crippen molar-refractivity contribution in [2.24, 2.45) is 5.41 Å². The smallest absolute Gasteiger partial charge is 0.294 e. The lowest BCUT2D eigenvalue weighted by Gasteiger charge is -2.46. The van der Waals surface area contributed by atoms with Crippen LogP contribution in [0.4, 0.5) is 0 Å². The van der Waals surface area contributed by atoms with E-state index in [0.29, 0.717) is 16.3 Å². The van der Waals surface area contributed by atoms with E-state index in [0.717, 1.165) is 0 Å². The molecule has 1 aromatic heterocycles. The number of pyridine rings is 1. The van der Waals surface area contributed by atoms with Crippen molar-refractivity contribution in [3.05, 3.63) is 99.3 Å². The van der Waals surface area contributed by atoms with Crippen molar-refractivity contribution in [2.75, 3.05) is 0 Å². The molecule has 3 aromatic rings. The van der Waals surface area contributed by atoms with Crippen LogP contribution in [0.2, 0.25) is 5.02 Å². The highest BCUT2D eigenvalue weighted by atomic mass is 35.5. The van der Waals surface area contributed by atoms with Crippen LogP contribution in [-0.4, -0.2) is 58.4 Å². The summed E-state index contributed by atoms with van der Waals surface area (Å²) in [5.74, 6) is -7.55. The van der Waals surface area contributed by atoms with Gasteiger partial charge < -0.3 is 30.6 Å². The Morgan fingerprint density at radius 2 is 1.68 bits per heavy atom. The van der Waals surface area contributed by atoms with Gasteiger partial charge in [0.05, 0.1) is 23.4 Å². The standard InChI is InChI=1S/C29H28ClN3O8/c1-25(2,35)19-6-10-23-22(13-19)24(34)33(16-21-9-3-17(14-31)15-32-21)27(23,18-4-7-20(30)8-5-18)41-29(39,40)26(11-12-26)28(36,37)38/h3-10,13,15,35-40H,11-12,16H2,1-2H3/t27-/m1/s1. The molecule has 12 heteroatoms. The summed E-state index contributed by atoms with van der Waals surface area (Å²) < 4.78 is 6.07. The first-order chi connectivity index (χ1) is 19.1. The largest absolute Gasteiger partial charge is 0.386 e. The van der Waals surface area contributed by atoms with Crippen LogP contribution in [0.1, 0.15) is 65.0 Å². The summed E-state index contributed by atoms with van der Waals surface area (Å²) in [7, 11) is 0. The van der Waals surface area contributed by atoms with Crippen LogP contribution in [0.15, 0.2) is 60.8 Å². The second-order valence-electron chi connectivity index (χ2n) is 10.9. The van der Waals surface area contributed by atoms with Crippen LogP contribution in [-0.2, 0) is 22.6 Å². The third-order valence-electron chi connectivity index (χ3n) is 7.76. The van der Waals surface area contributed by atoms with Crippen molar-refractivity contribution in [2.45, 2.75) is 56.5 Å². The third kappa shape index (κ3) is 4.68. The zero-order valence-corrected chi connectivity index (χ0v) is 22.9. The number of amides is 1. The maximum absolute atomic E-state index is 14.2. The van der Waals surface area contributed by atoms with E-state index in [1.807, 2.05) is 6.07 Å². The first-order valence-electron chi connectivity index (χ1n) is 12.7. The highest BCUT2D eigenvalue weighted by Gasteiger charge is 2.74. The minimum Gasteiger partial charge on any atom is -0.386 e. The Labute approximate surface area is 240 Å². The number of ether oxygens (including phenoxy) is 1. The van der Waals surface area contributed by atoms with E-state index in [1.165, 1.54) is 59.6 Å². The number of carbonyl (C=O) groups is 1. The molecule has 1 amide bonds. The summed E-state index contributed by atoms with van der Waals surface area (Å²) in [6.07, 6.45) is 0.866. The van der Waals surface area contributed by atoms with Gasteiger partial charge in [0.1, 0.15) is 11.5 Å². The fraction of sp³-hybridized carbons (Fsp3) is 0.345. The molecule has 5 rings (SSSR count). The molecule has 214 valence electrons. The first-order valence-corrected chi connectivity index (χ1v) is 13.1. The molecule has 1 saturated carbocycles. The monoisotopic (exact) mass is 581 g/mol. The molecule has 1 aliphatic carbocycles. The molecule has 1 aliphatic heterocycles. The zero-order chi connectivity index (χ0) is 30.0. The Morgan fingerprint density at radius 3 is 2.20 bits per heavy atom. The number of fused-ring (bicyclic) bond motifs is 1. The fourth-order valence-corrected chi connectivity index (χ4v) is 5.35. The summed E-state index contributed by atoms with van der Waals surface area (Å²) in [4.78, 5) is 19.6. The lowest BCUT2D eigenvalue weighted by molar-refractivity contribution is -0.484. The van der Waals surface area contributed by atoms with E-state index < -0.39 is 34.6 Å². The molecule has 0 saturated heterocycles. The van der Waals surface area contributed by atoms with Crippen LogP contribution < -0.4 is 0 Å². The average molecular weight is 582 g/mol. The molecule has 6 N–H and O–H groups in total. The van der Waals surface area contributed by atoms with Gasteiger partial charge in [0.2, 0.25) is 5.72 Å². The van der Waals surface area contributed by atoms with Gasteiger partial charge in [-0.25, -0.2) is 0 Å². The predicted octanol–water partition coefficient (Wildman–Crippen LogP) is 1.76. The van der Waals surface area contributed by atoms with E-state index in [-0.39, 0.29) is 41.6 Å². The maximum atomic E-state index is 14.2. The summed E-state index contributed by atoms with van der Waals surface area (Å²) in [6, 6.07) is 15.5. The molecule has 2 aliphatic rings. The summed E-state index contributed by atoms with van der Waals surface area (Å²) in [5, 5.41) is 73.1. The molecule has 0 radical (unpaired) electrons. The third-order valence-corrected chi connectivity index (χ3v) is 8.01. The summed E-state index contributed by atoms with van der Waals surface area (Å²) in [6.45, 7) is 2.83. The molecule has 2 heterocycles. The molecule has 0 bridgehead atoms. The quantitative estimate of drug-likeness (QED) is 0.214. The number of hydrogen-bond acceptors (Lipinski definition) is 10. The van der Waals surface area contributed by atoms with Gasteiger partial charge in [-0.15, -0.1) is 0 Å². The van der Waals surface area contributed by atoms with E-state index in [1.54, 1.807) is 19.9 Å². The average Bonchev–Trinajstić information content (AvgIpc) is 3.71. The number of halogens is 1. The Hall–Kier alpha value is -3.44. The number of rotatable bonds is 8. The normalized spacial score (nSPS) is 20.1. The predicted molar refractivity (Wildman–Crippen MR) is 142 cm³/mol. The number of aromatic nitrogens is 1. The second kappa shape index (κ2) is 9.55. The molecular weight excluding hydrogens is 554 g/mol. The van der Waals surface area contributed by atoms with Gasteiger partial charge in [0, 0.05) is 27.9 Å². The van der Waals surface area contributed by atoms with Crippen molar-refractivity contribution in [1.82, 2.24) is 9.88 Å². The molecule has 0 spiro atoms. The van der Waals surface area contributed by atoms with Crippen molar-refractivity contribution in [1.29, 1.82) is 5.26 Å². The SMILES string of the molecule is CC(C)(O)c1ccc2c(c1)C(=O)N(Cc1ccc(C#N)cn1)[C@@]2(OC(O)(O)C1(C(O)(O)O)CC1)c1ccc(Cl)cc1. The molecule has 1 fully saturated rings. The minimum absolute atomic E-state index is 0.0668. The molecule has 41 heavy (non-hydrogen) atoms. The van der Waals surface area contributed by atoms with E-state index in [2.05, 4.69) is 4.98 Å². The Balaban J connectivity index is 1.77. The summed E-state index contributed by atoms with van der Waals surface area (Å²) >= 11 is 6.15. The molecule has 0 unspecified atom stereocenters. The van der Waals surface area contributed by atoms with E-state index in [4.69, 9.17) is 16.3 Å². The van der Waals surface area contributed by atoms with Crippen molar-refractivity contribution in [3.8, 4) is 6.07 Å². The minimum atomic E-state index is -3.53. The van der Waals surface area contributed by atoms with Crippen molar-refractivity contribution >= 4 is 17.5 Å².